The molecule has 20 heavy (non-hydrogen) atoms. The summed E-state index contributed by atoms with van der Waals surface area (Å²) in [5.41, 5.74) is 3.17. The van der Waals surface area contributed by atoms with Crippen molar-refractivity contribution in [2.24, 2.45) is 5.92 Å². The molecule has 106 valence electrons. The second-order valence-electron chi connectivity index (χ2n) is 5.56. The standard InChI is InChI=1S/C18H23NO/c1-4-14(3)17(15-8-6-5-7-9-15)18(20)16-10-13(2)11-19-12-16/h5-12,14,17-18,20H,4H2,1-3H3. The lowest BCUT2D eigenvalue weighted by molar-refractivity contribution is 0.117. The molecule has 0 fully saturated rings. The Morgan fingerprint density at radius 1 is 1.10 bits per heavy atom. The predicted molar refractivity (Wildman–Crippen MR) is 82.6 cm³/mol. The Bertz CT molecular complexity index is 538. The van der Waals surface area contributed by atoms with Crippen LogP contribution >= 0.6 is 0 Å². The van der Waals surface area contributed by atoms with Crippen LogP contribution in [0.2, 0.25) is 0 Å². The number of aromatic nitrogens is 1. The summed E-state index contributed by atoms with van der Waals surface area (Å²) in [4.78, 5) is 4.21. The van der Waals surface area contributed by atoms with E-state index in [9.17, 15) is 5.11 Å². The van der Waals surface area contributed by atoms with Gasteiger partial charge in [-0.3, -0.25) is 4.98 Å². The van der Waals surface area contributed by atoms with E-state index in [1.807, 2.05) is 37.4 Å². The van der Waals surface area contributed by atoms with E-state index in [0.29, 0.717) is 5.92 Å². The van der Waals surface area contributed by atoms with Crippen molar-refractivity contribution in [3.63, 3.8) is 0 Å². The summed E-state index contributed by atoms with van der Waals surface area (Å²) in [6, 6.07) is 12.3. The molecule has 1 aromatic carbocycles. The summed E-state index contributed by atoms with van der Waals surface area (Å²) < 4.78 is 0. The van der Waals surface area contributed by atoms with Crippen molar-refractivity contribution in [2.75, 3.05) is 0 Å². The molecule has 0 bridgehead atoms. The topological polar surface area (TPSA) is 33.1 Å². The summed E-state index contributed by atoms with van der Waals surface area (Å²) in [5.74, 6) is 0.512. The van der Waals surface area contributed by atoms with Gasteiger partial charge in [0, 0.05) is 18.3 Å². The van der Waals surface area contributed by atoms with Gasteiger partial charge in [-0.1, -0.05) is 56.7 Å². The first-order valence-electron chi connectivity index (χ1n) is 7.28. The maximum atomic E-state index is 10.8. The minimum absolute atomic E-state index is 0.102. The van der Waals surface area contributed by atoms with Crippen LogP contribution in [0.15, 0.2) is 48.8 Å². The number of aliphatic hydroxyl groups excluding tert-OH is 1. The molecule has 0 amide bonds. The quantitative estimate of drug-likeness (QED) is 0.880. The Morgan fingerprint density at radius 3 is 2.40 bits per heavy atom. The monoisotopic (exact) mass is 269 g/mol. The van der Waals surface area contributed by atoms with Crippen LogP contribution < -0.4 is 0 Å². The van der Waals surface area contributed by atoms with E-state index in [-0.39, 0.29) is 5.92 Å². The van der Waals surface area contributed by atoms with Gasteiger partial charge in [-0.05, 0) is 29.5 Å². The number of rotatable bonds is 5. The maximum absolute atomic E-state index is 10.8. The number of benzene rings is 1. The van der Waals surface area contributed by atoms with Crippen LogP contribution in [-0.2, 0) is 0 Å². The Balaban J connectivity index is 2.36. The summed E-state index contributed by atoms with van der Waals surface area (Å²) in [5, 5.41) is 10.8. The molecule has 1 N–H and O–H groups in total. The molecule has 0 aliphatic carbocycles. The molecule has 0 aliphatic rings. The van der Waals surface area contributed by atoms with Crippen molar-refractivity contribution in [3.8, 4) is 0 Å². The molecule has 3 unspecified atom stereocenters. The van der Waals surface area contributed by atoms with Crippen molar-refractivity contribution >= 4 is 0 Å². The molecule has 2 rings (SSSR count). The second-order valence-corrected chi connectivity index (χ2v) is 5.56. The Morgan fingerprint density at radius 2 is 1.80 bits per heavy atom. The average molecular weight is 269 g/mol. The molecule has 3 atom stereocenters. The normalized spacial score (nSPS) is 15.6. The van der Waals surface area contributed by atoms with E-state index in [2.05, 4.69) is 31.0 Å². The molecule has 2 nitrogen and oxygen atoms in total. The number of aryl methyl sites for hydroxylation is 1. The zero-order valence-electron chi connectivity index (χ0n) is 12.5. The first kappa shape index (κ1) is 14.7. The molecular formula is C18H23NO. The highest BCUT2D eigenvalue weighted by atomic mass is 16.3. The maximum Gasteiger partial charge on any atom is 0.0876 e. The third-order valence-electron chi connectivity index (χ3n) is 4.02. The lowest BCUT2D eigenvalue weighted by Gasteiger charge is -2.29. The predicted octanol–water partition coefficient (Wildman–Crippen LogP) is 4.25. The highest BCUT2D eigenvalue weighted by Crippen LogP contribution is 2.38. The second kappa shape index (κ2) is 6.67. The van der Waals surface area contributed by atoms with Gasteiger partial charge in [0.05, 0.1) is 6.10 Å². The van der Waals surface area contributed by atoms with Crippen molar-refractivity contribution in [3.05, 3.63) is 65.5 Å². The van der Waals surface area contributed by atoms with Crippen LogP contribution in [0.4, 0.5) is 0 Å². The van der Waals surface area contributed by atoms with Gasteiger partial charge in [0.25, 0.3) is 0 Å². The van der Waals surface area contributed by atoms with Crippen LogP contribution in [0.5, 0.6) is 0 Å². The SMILES string of the molecule is CCC(C)C(c1ccccc1)C(O)c1cncc(C)c1. The zero-order chi connectivity index (χ0) is 14.5. The number of nitrogens with zero attached hydrogens (tertiary/aromatic N) is 1. The number of aliphatic hydroxyl groups is 1. The highest BCUT2D eigenvalue weighted by molar-refractivity contribution is 5.27. The third kappa shape index (κ3) is 3.26. The summed E-state index contributed by atoms with van der Waals surface area (Å²) >= 11 is 0. The van der Waals surface area contributed by atoms with Gasteiger partial charge in [0.1, 0.15) is 0 Å². The molecule has 1 heterocycles. The molecular weight excluding hydrogens is 246 g/mol. The van der Waals surface area contributed by atoms with Crippen LogP contribution in [0, 0.1) is 12.8 Å². The van der Waals surface area contributed by atoms with Crippen LogP contribution in [0.25, 0.3) is 0 Å². The fourth-order valence-electron chi connectivity index (χ4n) is 2.70. The molecule has 0 saturated heterocycles. The summed E-state index contributed by atoms with van der Waals surface area (Å²) in [7, 11) is 0. The third-order valence-corrected chi connectivity index (χ3v) is 4.02. The number of hydrogen-bond acceptors (Lipinski definition) is 2. The van der Waals surface area contributed by atoms with E-state index in [0.717, 1.165) is 17.5 Å². The highest BCUT2D eigenvalue weighted by Gasteiger charge is 2.27. The van der Waals surface area contributed by atoms with Gasteiger partial charge in [0.15, 0.2) is 0 Å². The van der Waals surface area contributed by atoms with Crippen molar-refractivity contribution in [2.45, 2.75) is 39.2 Å². The lowest BCUT2D eigenvalue weighted by Crippen LogP contribution is -2.18. The fraction of sp³-hybridized carbons (Fsp3) is 0.389. The Labute approximate surface area is 121 Å². The average Bonchev–Trinajstić information content (AvgIpc) is 2.48. The first-order valence-corrected chi connectivity index (χ1v) is 7.28. The van der Waals surface area contributed by atoms with Crippen molar-refractivity contribution < 1.29 is 5.11 Å². The van der Waals surface area contributed by atoms with Gasteiger partial charge in [0.2, 0.25) is 0 Å². The van der Waals surface area contributed by atoms with Gasteiger partial charge >= 0.3 is 0 Å². The Kier molecular flexibility index (Phi) is 4.91. The molecule has 0 spiro atoms. The molecule has 1 aromatic heterocycles. The van der Waals surface area contributed by atoms with Gasteiger partial charge in [-0.2, -0.15) is 0 Å². The van der Waals surface area contributed by atoms with E-state index in [1.165, 1.54) is 5.56 Å². The van der Waals surface area contributed by atoms with Crippen LogP contribution in [0.1, 0.15) is 49.0 Å². The molecule has 2 aromatic rings. The Hall–Kier alpha value is -1.67. The molecule has 0 saturated carbocycles. The van der Waals surface area contributed by atoms with Crippen molar-refractivity contribution in [1.82, 2.24) is 4.98 Å². The summed E-state index contributed by atoms with van der Waals surface area (Å²) in [6.45, 7) is 6.37. The lowest BCUT2D eigenvalue weighted by atomic mass is 9.79. The minimum atomic E-state index is -0.514. The first-order chi connectivity index (χ1) is 9.63. The minimum Gasteiger partial charge on any atom is -0.388 e. The van der Waals surface area contributed by atoms with Gasteiger partial charge in [-0.25, -0.2) is 0 Å². The molecule has 0 radical (unpaired) electrons. The van der Waals surface area contributed by atoms with Crippen LogP contribution in [-0.4, -0.2) is 10.1 Å². The van der Waals surface area contributed by atoms with E-state index in [4.69, 9.17) is 0 Å². The van der Waals surface area contributed by atoms with Crippen molar-refractivity contribution in [1.29, 1.82) is 0 Å². The smallest absolute Gasteiger partial charge is 0.0876 e. The number of hydrogen-bond donors (Lipinski definition) is 1. The molecule has 2 heteroatoms. The number of pyridine rings is 1. The largest absolute Gasteiger partial charge is 0.388 e. The van der Waals surface area contributed by atoms with Gasteiger partial charge < -0.3 is 5.11 Å². The summed E-state index contributed by atoms with van der Waals surface area (Å²) in [6.07, 6.45) is 4.11. The van der Waals surface area contributed by atoms with E-state index >= 15 is 0 Å². The van der Waals surface area contributed by atoms with Gasteiger partial charge in [-0.15, -0.1) is 0 Å². The molecule has 0 aliphatic heterocycles. The fourth-order valence-corrected chi connectivity index (χ4v) is 2.70. The van der Waals surface area contributed by atoms with E-state index < -0.39 is 6.10 Å². The zero-order valence-corrected chi connectivity index (χ0v) is 12.5. The van der Waals surface area contributed by atoms with E-state index in [1.54, 1.807) is 6.20 Å². The van der Waals surface area contributed by atoms with Crippen LogP contribution in [0.3, 0.4) is 0 Å².